The molecule has 2 N–H and O–H groups in total. The number of aromatic amines is 1. The molecule has 3 heterocycles. The number of fused-ring (bicyclic) bond motifs is 10. The van der Waals surface area contributed by atoms with E-state index in [2.05, 4.69) is 10.3 Å². The van der Waals surface area contributed by atoms with Crippen molar-refractivity contribution in [2.24, 2.45) is 29.6 Å². The van der Waals surface area contributed by atoms with Crippen LogP contribution in [0, 0.1) is 39.7 Å². The molecular formula is C39H32N4O8S2. The number of thiazole rings is 1. The molecule has 9 rings (SSSR count). The quantitative estimate of drug-likeness (QED) is 0.0963. The number of nitrogens with zero attached hydrogens (tertiary/aromatic N) is 2. The fourth-order valence-electron chi connectivity index (χ4n) is 9.08. The molecule has 5 aromatic rings. The molecule has 3 fully saturated rings. The molecule has 4 aliphatic rings. The van der Waals surface area contributed by atoms with Gasteiger partial charge in [-0.25, -0.2) is 0 Å². The van der Waals surface area contributed by atoms with E-state index in [1.54, 1.807) is 17.8 Å². The van der Waals surface area contributed by atoms with Crippen LogP contribution in [-0.4, -0.2) is 46.1 Å². The Hall–Kier alpha value is -5.47. The number of hydrogen-bond donors (Lipinski definition) is 2. The minimum atomic E-state index is -0.528. The summed E-state index contributed by atoms with van der Waals surface area (Å²) < 4.78 is 12.0. The van der Waals surface area contributed by atoms with Crippen LogP contribution in [0.25, 0.3) is 10.8 Å². The van der Waals surface area contributed by atoms with Crippen molar-refractivity contribution in [3.63, 3.8) is 0 Å². The Morgan fingerprint density at radius 2 is 1.68 bits per heavy atom. The van der Waals surface area contributed by atoms with Crippen LogP contribution < -0.4 is 24.6 Å². The van der Waals surface area contributed by atoms with Crippen molar-refractivity contribution in [2.75, 3.05) is 23.4 Å². The highest BCUT2D eigenvalue weighted by molar-refractivity contribution is 8.00. The van der Waals surface area contributed by atoms with Gasteiger partial charge in [-0.05, 0) is 83.8 Å². The van der Waals surface area contributed by atoms with Crippen molar-refractivity contribution >= 4 is 68.7 Å². The molecule has 1 aromatic heterocycles. The van der Waals surface area contributed by atoms with Crippen LogP contribution in [0.4, 0.5) is 17.1 Å². The number of ether oxygens (including phenoxy) is 2. The average Bonchev–Trinajstić information content (AvgIpc) is 3.90. The number of aromatic nitrogens is 1. The first-order valence-electron chi connectivity index (χ1n) is 17.4. The predicted octanol–water partition coefficient (Wildman–Crippen LogP) is 6.59. The number of benzene rings is 4. The Labute approximate surface area is 310 Å². The Morgan fingerprint density at radius 1 is 0.925 bits per heavy atom. The van der Waals surface area contributed by atoms with Gasteiger partial charge in [-0.3, -0.25) is 34.2 Å². The van der Waals surface area contributed by atoms with Crippen LogP contribution in [0.3, 0.4) is 0 Å². The lowest BCUT2D eigenvalue weighted by atomic mass is 9.68. The second-order valence-corrected chi connectivity index (χ2v) is 16.0. The lowest BCUT2D eigenvalue weighted by Gasteiger charge is -2.43. The van der Waals surface area contributed by atoms with Gasteiger partial charge >= 0.3 is 4.87 Å². The Kier molecular flexibility index (Phi) is 8.11. The SMILES string of the molecule is CCOc1cc([C@@H]2c3sc(=O)[nH]c3S[C@@H]3[C@@H]4C[C@@H]([C@@H]5C(=O)N(c6ccc([N+](=O)[O-])cc6)C(=O)[C@@H]45)[C@H]23)ccc1OCC(=O)Nc1ccc2ccccc2c1. The summed E-state index contributed by atoms with van der Waals surface area (Å²) in [5, 5.41) is 17.0. The molecule has 12 nitrogen and oxygen atoms in total. The number of H-pyrrole nitrogens is 1. The third-order valence-corrected chi connectivity index (χ3v) is 13.6. The highest BCUT2D eigenvalue weighted by Gasteiger charge is 2.69. The van der Waals surface area contributed by atoms with Crippen LogP contribution in [0.1, 0.15) is 29.7 Å². The summed E-state index contributed by atoms with van der Waals surface area (Å²) >= 11 is 2.75. The van der Waals surface area contributed by atoms with E-state index >= 15 is 0 Å². The monoisotopic (exact) mass is 748 g/mol. The number of anilines is 2. The summed E-state index contributed by atoms with van der Waals surface area (Å²) in [5.41, 5.74) is 1.76. The lowest BCUT2D eigenvalue weighted by Crippen LogP contribution is -2.42. The van der Waals surface area contributed by atoms with Crippen molar-refractivity contribution in [3.8, 4) is 11.5 Å². The van der Waals surface area contributed by atoms with Crippen molar-refractivity contribution in [1.82, 2.24) is 4.98 Å². The maximum absolute atomic E-state index is 14.1. The third kappa shape index (κ3) is 5.50. The lowest BCUT2D eigenvalue weighted by molar-refractivity contribution is -0.384. The maximum atomic E-state index is 14.1. The zero-order chi connectivity index (χ0) is 36.5. The van der Waals surface area contributed by atoms with Crippen LogP contribution in [-0.2, 0) is 14.4 Å². The van der Waals surface area contributed by atoms with Crippen molar-refractivity contribution in [2.45, 2.75) is 29.5 Å². The summed E-state index contributed by atoms with van der Waals surface area (Å²) in [6, 6.07) is 24.7. The van der Waals surface area contributed by atoms with E-state index in [-0.39, 0.29) is 63.8 Å². The maximum Gasteiger partial charge on any atom is 0.305 e. The Bertz CT molecular complexity index is 2390. The number of nitro groups is 1. The topological polar surface area (TPSA) is 161 Å². The summed E-state index contributed by atoms with van der Waals surface area (Å²) in [4.78, 5) is 69.4. The molecule has 0 radical (unpaired) electrons. The van der Waals surface area contributed by atoms with Crippen LogP contribution >= 0.6 is 23.1 Å². The molecule has 2 aliphatic carbocycles. The number of hydrogen-bond acceptors (Lipinski definition) is 10. The molecule has 0 spiro atoms. The van der Waals surface area contributed by atoms with Crippen LogP contribution in [0.15, 0.2) is 94.7 Å². The van der Waals surface area contributed by atoms with E-state index in [0.29, 0.717) is 35.9 Å². The molecule has 7 atom stereocenters. The predicted molar refractivity (Wildman–Crippen MR) is 200 cm³/mol. The van der Waals surface area contributed by atoms with Gasteiger partial charge in [-0.2, -0.15) is 0 Å². The van der Waals surface area contributed by atoms with Gasteiger partial charge < -0.3 is 19.8 Å². The fraction of sp³-hybridized carbons (Fsp3) is 0.282. The number of nitro benzene ring substituents is 1. The van der Waals surface area contributed by atoms with Gasteiger partial charge in [0.15, 0.2) is 18.1 Å². The highest BCUT2D eigenvalue weighted by atomic mass is 32.2. The third-order valence-electron chi connectivity index (χ3n) is 11.1. The summed E-state index contributed by atoms with van der Waals surface area (Å²) in [6.45, 7) is 1.97. The van der Waals surface area contributed by atoms with Crippen LogP contribution in [0.5, 0.6) is 11.5 Å². The molecule has 4 aromatic carbocycles. The number of non-ortho nitro benzene ring substituents is 1. The summed E-state index contributed by atoms with van der Waals surface area (Å²) in [5.74, 6) is -1.56. The molecule has 3 amide bonds. The second-order valence-electron chi connectivity index (χ2n) is 13.8. The zero-order valence-electron chi connectivity index (χ0n) is 28.2. The first-order chi connectivity index (χ1) is 25.7. The number of nitrogens with one attached hydrogen (secondary N) is 2. The molecular weight excluding hydrogens is 717 g/mol. The number of rotatable bonds is 9. The number of amides is 3. The molecule has 2 bridgehead atoms. The number of imide groups is 1. The molecule has 14 heteroatoms. The van der Waals surface area contributed by atoms with E-state index in [9.17, 15) is 29.3 Å². The van der Waals surface area contributed by atoms with Crippen molar-refractivity contribution in [3.05, 3.63) is 115 Å². The number of carbonyl (C=O) groups excluding carboxylic acids is 3. The highest BCUT2D eigenvalue weighted by Crippen LogP contribution is 2.69. The van der Waals surface area contributed by atoms with Gasteiger partial charge in [0, 0.05) is 33.9 Å². The first kappa shape index (κ1) is 33.4. The van der Waals surface area contributed by atoms with Crippen molar-refractivity contribution in [1.29, 1.82) is 0 Å². The van der Waals surface area contributed by atoms with E-state index < -0.39 is 16.8 Å². The minimum absolute atomic E-state index is 0.0252. The minimum Gasteiger partial charge on any atom is -0.490 e. The average molecular weight is 749 g/mol. The fourth-order valence-corrected chi connectivity index (χ4v) is 12.0. The molecule has 0 unspecified atom stereocenters. The van der Waals surface area contributed by atoms with E-state index in [1.165, 1.54) is 29.2 Å². The smallest absolute Gasteiger partial charge is 0.305 e. The van der Waals surface area contributed by atoms with Gasteiger partial charge in [-0.15, -0.1) is 11.8 Å². The number of thioether (sulfide) groups is 1. The van der Waals surface area contributed by atoms with Crippen LogP contribution in [0.2, 0.25) is 0 Å². The number of carbonyl (C=O) groups is 3. The van der Waals surface area contributed by atoms with Gasteiger partial charge in [-0.1, -0.05) is 47.7 Å². The Balaban J connectivity index is 0.995. The zero-order valence-corrected chi connectivity index (χ0v) is 29.9. The van der Waals surface area contributed by atoms with E-state index in [0.717, 1.165) is 37.6 Å². The van der Waals surface area contributed by atoms with E-state index in [1.807, 2.05) is 61.5 Å². The first-order valence-corrected chi connectivity index (χ1v) is 19.1. The van der Waals surface area contributed by atoms with Gasteiger partial charge in [0.2, 0.25) is 11.8 Å². The summed E-state index contributed by atoms with van der Waals surface area (Å²) in [7, 11) is 0. The van der Waals surface area contributed by atoms with E-state index in [4.69, 9.17) is 9.47 Å². The van der Waals surface area contributed by atoms with Gasteiger partial charge in [0.25, 0.3) is 11.6 Å². The molecule has 1 saturated heterocycles. The molecule has 53 heavy (non-hydrogen) atoms. The van der Waals surface area contributed by atoms with Gasteiger partial charge in [0.05, 0.1) is 34.1 Å². The normalized spacial score (nSPS) is 25.2. The standard InChI is InChI=1S/C39H32N4O8S2/c1-2-50-28-16-21(8-14-27(28)51-18-29(44)40-22-9-7-19-5-3-4-6-20(19)15-22)30-31-25-17-26(34(31)52-36-35(30)53-39(47)41-36)33-32(25)37(45)42(38(33)46)23-10-12-24(13-11-23)43(48)49/h3-16,25-26,30-34H,2,17-18H2,1H3,(H,40,44)(H,41,47)/t25-,26-,30+,31-,32+,33+,34-/m1/s1. The Morgan fingerprint density at radius 3 is 2.43 bits per heavy atom. The second kappa shape index (κ2) is 12.9. The molecule has 2 aliphatic heterocycles. The molecule has 2 saturated carbocycles. The molecule has 268 valence electrons. The summed E-state index contributed by atoms with van der Waals surface area (Å²) in [6.07, 6.45) is 0.713. The largest absolute Gasteiger partial charge is 0.490 e. The van der Waals surface area contributed by atoms with Gasteiger partial charge in [0.1, 0.15) is 0 Å². The van der Waals surface area contributed by atoms with Crippen molar-refractivity contribution < 1.29 is 28.8 Å².